The van der Waals surface area contributed by atoms with Gasteiger partial charge in [0.05, 0.1) is 29.0 Å². The topological polar surface area (TPSA) is 82.5 Å². The minimum Gasteiger partial charge on any atom is -0.283 e. The monoisotopic (exact) mass is 374 g/mol. The van der Waals surface area contributed by atoms with Crippen LogP contribution in [0.2, 0.25) is 0 Å². The fourth-order valence-corrected chi connectivity index (χ4v) is 3.18. The summed E-state index contributed by atoms with van der Waals surface area (Å²) >= 11 is 0. The molecule has 2 aromatic heterocycles. The van der Waals surface area contributed by atoms with Crippen molar-refractivity contribution < 1.29 is 0 Å². The van der Waals surface area contributed by atoms with Gasteiger partial charge in [-0.2, -0.15) is 10.5 Å². The van der Waals surface area contributed by atoms with Crippen molar-refractivity contribution in [1.82, 2.24) is 9.55 Å². The van der Waals surface area contributed by atoms with E-state index in [-0.39, 0.29) is 5.56 Å². The zero-order chi connectivity index (χ0) is 20.2. The Morgan fingerprint density at radius 2 is 1.66 bits per heavy atom. The van der Waals surface area contributed by atoms with E-state index in [2.05, 4.69) is 17.1 Å². The molecule has 0 aliphatic heterocycles. The third-order valence-corrected chi connectivity index (χ3v) is 4.57. The Labute approximate surface area is 167 Å². The minimum atomic E-state index is -0.275. The molecule has 0 amide bonds. The van der Waals surface area contributed by atoms with Gasteiger partial charge in [-0.15, -0.1) is 0 Å². The molecule has 0 saturated heterocycles. The Hall–Kier alpha value is -4.48. The van der Waals surface area contributed by atoms with E-state index in [0.717, 1.165) is 5.56 Å². The van der Waals surface area contributed by atoms with Crippen LogP contribution in [0.3, 0.4) is 0 Å². The average Bonchev–Trinajstić information content (AvgIpc) is 2.80. The van der Waals surface area contributed by atoms with Gasteiger partial charge in [-0.1, -0.05) is 30.3 Å². The lowest BCUT2D eigenvalue weighted by molar-refractivity contribution is 0.992. The molecule has 0 unspecified atom stereocenters. The van der Waals surface area contributed by atoms with E-state index >= 15 is 0 Å². The summed E-state index contributed by atoms with van der Waals surface area (Å²) in [6.45, 7) is 0. The maximum absolute atomic E-state index is 13.4. The van der Waals surface area contributed by atoms with Crippen LogP contribution >= 0.6 is 0 Å². The molecular formula is C24H14N4O. The molecule has 2 heterocycles. The number of nitrogens with zero attached hydrogens (tertiary/aromatic N) is 4. The second kappa shape index (κ2) is 7.64. The first-order valence-corrected chi connectivity index (χ1v) is 8.89. The Morgan fingerprint density at radius 3 is 2.41 bits per heavy atom. The van der Waals surface area contributed by atoms with Gasteiger partial charge in [0.2, 0.25) is 0 Å². The summed E-state index contributed by atoms with van der Waals surface area (Å²) in [5.41, 5.74) is 3.56. The molecule has 136 valence electrons. The number of hydrogen-bond donors (Lipinski definition) is 0. The highest BCUT2D eigenvalue weighted by Gasteiger charge is 2.15. The molecular weight excluding hydrogens is 360 g/mol. The Balaban J connectivity index is 2.05. The van der Waals surface area contributed by atoms with E-state index < -0.39 is 0 Å². The van der Waals surface area contributed by atoms with Crippen molar-refractivity contribution in [2.24, 2.45) is 0 Å². The second-order valence-corrected chi connectivity index (χ2v) is 6.35. The van der Waals surface area contributed by atoms with Gasteiger partial charge in [0.25, 0.3) is 5.56 Å². The summed E-state index contributed by atoms with van der Waals surface area (Å²) in [6, 6.07) is 25.4. The summed E-state index contributed by atoms with van der Waals surface area (Å²) in [5.74, 6) is 0. The maximum Gasteiger partial charge on any atom is 0.263 e. The molecule has 4 aromatic rings. The molecule has 0 bridgehead atoms. The van der Waals surface area contributed by atoms with Crippen molar-refractivity contribution in [1.29, 1.82) is 10.5 Å². The Bertz CT molecular complexity index is 1340. The molecule has 0 atom stereocenters. The lowest BCUT2D eigenvalue weighted by atomic mass is 9.99. The predicted octanol–water partition coefficient (Wildman–Crippen LogP) is 4.31. The number of nitriles is 2. The highest BCUT2D eigenvalue weighted by atomic mass is 16.1. The van der Waals surface area contributed by atoms with Crippen molar-refractivity contribution in [3.63, 3.8) is 0 Å². The largest absolute Gasteiger partial charge is 0.283 e. The second-order valence-electron chi connectivity index (χ2n) is 6.35. The minimum absolute atomic E-state index is 0.275. The molecule has 4 rings (SSSR count). The molecule has 0 fully saturated rings. The van der Waals surface area contributed by atoms with Crippen molar-refractivity contribution in [3.8, 4) is 40.2 Å². The van der Waals surface area contributed by atoms with Crippen molar-refractivity contribution in [2.75, 3.05) is 0 Å². The van der Waals surface area contributed by atoms with E-state index in [9.17, 15) is 15.3 Å². The van der Waals surface area contributed by atoms with E-state index in [0.29, 0.717) is 33.6 Å². The van der Waals surface area contributed by atoms with Gasteiger partial charge < -0.3 is 0 Å². The summed E-state index contributed by atoms with van der Waals surface area (Å²) < 4.78 is 1.49. The van der Waals surface area contributed by atoms with E-state index in [1.54, 1.807) is 67.0 Å². The van der Waals surface area contributed by atoms with Gasteiger partial charge in [-0.05, 0) is 42.5 Å². The smallest absolute Gasteiger partial charge is 0.263 e. The van der Waals surface area contributed by atoms with Crippen LogP contribution in [-0.2, 0) is 0 Å². The van der Waals surface area contributed by atoms with Crippen LogP contribution < -0.4 is 5.56 Å². The lowest BCUT2D eigenvalue weighted by Gasteiger charge is -2.13. The van der Waals surface area contributed by atoms with Crippen LogP contribution in [0.1, 0.15) is 11.1 Å². The summed E-state index contributed by atoms with van der Waals surface area (Å²) in [6.07, 6.45) is 3.39. The normalized spacial score (nSPS) is 10.1. The third kappa shape index (κ3) is 3.41. The Kier molecular flexibility index (Phi) is 4.72. The van der Waals surface area contributed by atoms with Gasteiger partial charge in [-0.25, -0.2) is 0 Å². The fourth-order valence-electron chi connectivity index (χ4n) is 3.18. The first-order chi connectivity index (χ1) is 14.2. The van der Waals surface area contributed by atoms with E-state index in [1.807, 2.05) is 18.2 Å². The third-order valence-electron chi connectivity index (χ3n) is 4.57. The first-order valence-electron chi connectivity index (χ1n) is 8.89. The molecule has 0 spiro atoms. The molecule has 29 heavy (non-hydrogen) atoms. The van der Waals surface area contributed by atoms with Gasteiger partial charge in [0.1, 0.15) is 0 Å². The van der Waals surface area contributed by atoms with Crippen LogP contribution in [0.15, 0.2) is 90.0 Å². The van der Waals surface area contributed by atoms with Gasteiger partial charge in [0, 0.05) is 34.8 Å². The van der Waals surface area contributed by atoms with Crippen LogP contribution in [-0.4, -0.2) is 9.55 Å². The average molecular weight is 374 g/mol. The van der Waals surface area contributed by atoms with E-state index in [1.165, 1.54) is 4.57 Å². The van der Waals surface area contributed by atoms with Crippen LogP contribution in [0, 0.1) is 22.7 Å². The molecule has 0 aliphatic carbocycles. The molecule has 5 nitrogen and oxygen atoms in total. The highest BCUT2D eigenvalue weighted by Crippen LogP contribution is 2.26. The Morgan fingerprint density at radius 1 is 0.828 bits per heavy atom. The van der Waals surface area contributed by atoms with E-state index in [4.69, 9.17) is 0 Å². The lowest BCUT2D eigenvalue weighted by Crippen LogP contribution is -2.20. The van der Waals surface area contributed by atoms with Crippen LogP contribution in [0.5, 0.6) is 0 Å². The first kappa shape index (κ1) is 17.9. The van der Waals surface area contributed by atoms with Crippen molar-refractivity contribution in [2.45, 2.75) is 0 Å². The fraction of sp³-hybridized carbons (Fsp3) is 0. The highest BCUT2D eigenvalue weighted by molar-refractivity contribution is 5.74. The maximum atomic E-state index is 13.4. The predicted molar refractivity (Wildman–Crippen MR) is 110 cm³/mol. The van der Waals surface area contributed by atoms with Crippen LogP contribution in [0.25, 0.3) is 28.1 Å². The van der Waals surface area contributed by atoms with Gasteiger partial charge in [-0.3, -0.25) is 14.3 Å². The molecule has 0 aliphatic rings. The van der Waals surface area contributed by atoms with Gasteiger partial charge in [0.15, 0.2) is 0 Å². The molecule has 5 heteroatoms. The number of pyridine rings is 2. The molecule has 0 radical (unpaired) electrons. The van der Waals surface area contributed by atoms with Crippen molar-refractivity contribution in [3.05, 3.63) is 107 Å². The number of benzene rings is 2. The molecule has 2 aromatic carbocycles. The summed E-state index contributed by atoms with van der Waals surface area (Å²) in [7, 11) is 0. The zero-order valence-electron chi connectivity index (χ0n) is 15.3. The van der Waals surface area contributed by atoms with Crippen LogP contribution in [0.4, 0.5) is 0 Å². The molecule has 0 N–H and O–H groups in total. The van der Waals surface area contributed by atoms with Crippen molar-refractivity contribution >= 4 is 0 Å². The number of rotatable bonds is 3. The number of hydrogen-bond acceptors (Lipinski definition) is 4. The molecule has 0 saturated carbocycles. The SMILES string of the molecule is N#Cc1cccc(-n2cc(-c3ccccn3)cc(-c3ccccc3C#N)c2=O)c1. The summed E-state index contributed by atoms with van der Waals surface area (Å²) in [4.78, 5) is 17.8. The summed E-state index contributed by atoms with van der Waals surface area (Å²) in [5, 5.41) is 18.7. The number of aromatic nitrogens is 2. The van der Waals surface area contributed by atoms with Gasteiger partial charge >= 0.3 is 0 Å². The quantitative estimate of drug-likeness (QED) is 0.535. The standard InChI is InChI=1S/C24H14N4O/c25-14-17-6-5-8-20(12-17)28-16-19(23-10-3-4-11-27-23)13-22(24(28)29)21-9-2-1-7-18(21)15-26/h1-13,16H. The zero-order valence-corrected chi connectivity index (χ0v) is 15.3.